The molecule has 1 atom stereocenters. The van der Waals surface area contributed by atoms with Gasteiger partial charge in [-0.15, -0.1) is 0 Å². The van der Waals surface area contributed by atoms with Gasteiger partial charge in [0.25, 0.3) is 0 Å². The number of hydrogen-bond acceptors (Lipinski definition) is 3. The van der Waals surface area contributed by atoms with Gasteiger partial charge in [-0.05, 0) is 30.2 Å². The number of benzene rings is 1. The third kappa shape index (κ3) is 3.57. The Labute approximate surface area is 112 Å². The van der Waals surface area contributed by atoms with Gasteiger partial charge < -0.3 is 0 Å². The largest absolute Gasteiger partial charge is 0.276 e. The molecule has 0 aliphatic carbocycles. The number of halogens is 1. The maximum Gasteiger partial charge on any atom is 0.0640 e. The Kier molecular flexibility index (Phi) is 4.36. The van der Waals surface area contributed by atoms with Crippen molar-refractivity contribution in [1.29, 1.82) is 0 Å². The van der Waals surface area contributed by atoms with E-state index in [4.69, 9.17) is 17.4 Å². The summed E-state index contributed by atoms with van der Waals surface area (Å²) in [4.78, 5) is 0. The van der Waals surface area contributed by atoms with Gasteiger partial charge in [-0.1, -0.05) is 23.7 Å². The van der Waals surface area contributed by atoms with Crippen LogP contribution in [0.1, 0.15) is 11.3 Å². The second-order valence-corrected chi connectivity index (χ2v) is 4.82. The van der Waals surface area contributed by atoms with E-state index in [2.05, 4.69) is 16.6 Å². The van der Waals surface area contributed by atoms with E-state index in [1.165, 1.54) is 5.56 Å². The smallest absolute Gasteiger partial charge is 0.0640 e. The zero-order valence-corrected chi connectivity index (χ0v) is 11.1. The zero-order chi connectivity index (χ0) is 13.0. The number of nitrogens with zero attached hydrogens (tertiary/aromatic N) is 2. The molecular weight excluding hydrogens is 248 g/mol. The molecule has 0 amide bonds. The maximum atomic E-state index is 5.97. The van der Waals surface area contributed by atoms with Crippen molar-refractivity contribution >= 4 is 11.6 Å². The van der Waals surface area contributed by atoms with Crippen molar-refractivity contribution < 1.29 is 0 Å². The molecule has 0 aliphatic rings. The number of hydrogen-bond donors (Lipinski definition) is 2. The molecule has 0 radical (unpaired) electrons. The van der Waals surface area contributed by atoms with Crippen molar-refractivity contribution in [1.82, 2.24) is 15.2 Å². The molecule has 0 aliphatic heterocycles. The van der Waals surface area contributed by atoms with Gasteiger partial charge in [0.15, 0.2) is 0 Å². The molecule has 96 valence electrons. The third-order valence-corrected chi connectivity index (χ3v) is 3.07. The molecule has 1 heterocycles. The first-order valence-electron chi connectivity index (χ1n) is 5.86. The molecule has 2 rings (SSSR count). The SMILES string of the molecule is Cn1ccc(CC(Cc2cccc(Cl)c2)NN)n1. The Bertz CT molecular complexity index is 509. The lowest BCUT2D eigenvalue weighted by atomic mass is 10.0. The number of aryl methyl sites for hydroxylation is 1. The monoisotopic (exact) mass is 264 g/mol. The van der Waals surface area contributed by atoms with Crippen molar-refractivity contribution in [2.75, 3.05) is 0 Å². The lowest BCUT2D eigenvalue weighted by molar-refractivity contribution is 0.514. The highest BCUT2D eigenvalue weighted by molar-refractivity contribution is 6.30. The van der Waals surface area contributed by atoms with E-state index in [9.17, 15) is 0 Å². The van der Waals surface area contributed by atoms with Crippen LogP contribution >= 0.6 is 11.6 Å². The van der Waals surface area contributed by atoms with Gasteiger partial charge in [0.1, 0.15) is 0 Å². The van der Waals surface area contributed by atoms with Crippen LogP contribution in [-0.4, -0.2) is 15.8 Å². The molecule has 18 heavy (non-hydrogen) atoms. The lowest BCUT2D eigenvalue weighted by Gasteiger charge is -2.14. The Morgan fingerprint density at radius 2 is 2.22 bits per heavy atom. The molecule has 5 heteroatoms. The van der Waals surface area contributed by atoms with Crippen LogP contribution in [0.25, 0.3) is 0 Å². The summed E-state index contributed by atoms with van der Waals surface area (Å²) in [5, 5.41) is 5.10. The van der Waals surface area contributed by atoms with E-state index >= 15 is 0 Å². The Balaban J connectivity index is 2.01. The predicted molar refractivity (Wildman–Crippen MR) is 73.2 cm³/mol. The molecule has 1 aromatic heterocycles. The highest BCUT2D eigenvalue weighted by Crippen LogP contribution is 2.13. The van der Waals surface area contributed by atoms with E-state index in [0.717, 1.165) is 23.6 Å². The fraction of sp³-hybridized carbons (Fsp3) is 0.308. The van der Waals surface area contributed by atoms with Crippen LogP contribution in [0.15, 0.2) is 36.5 Å². The van der Waals surface area contributed by atoms with E-state index in [0.29, 0.717) is 0 Å². The summed E-state index contributed by atoms with van der Waals surface area (Å²) in [7, 11) is 1.91. The van der Waals surface area contributed by atoms with Gasteiger partial charge in [0.2, 0.25) is 0 Å². The highest BCUT2D eigenvalue weighted by Gasteiger charge is 2.10. The average molecular weight is 265 g/mol. The summed E-state index contributed by atoms with van der Waals surface area (Å²) in [5.41, 5.74) is 5.03. The van der Waals surface area contributed by atoms with Gasteiger partial charge in [-0.3, -0.25) is 16.0 Å². The standard InChI is InChI=1S/C13H17ClN4/c1-18-6-5-12(17-18)9-13(16-15)8-10-3-2-4-11(14)7-10/h2-7,13,16H,8-9,15H2,1H3. The highest BCUT2D eigenvalue weighted by atomic mass is 35.5. The number of nitrogens with one attached hydrogen (secondary N) is 1. The van der Waals surface area contributed by atoms with Crippen LogP contribution in [0.3, 0.4) is 0 Å². The topological polar surface area (TPSA) is 55.9 Å². The molecule has 4 nitrogen and oxygen atoms in total. The molecule has 0 bridgehead atoms. The van der Waals surface area contributed by atoms with Gasteiger partial charge in [-0.25, -0.2) is 0 Å². The van der Waals surface area contributed by atoms with Crippen molar-refractivity contribution in [3.8, 4) is 0 Å². The molecule has 1 unspecified atom stereocenters. The van der Waals surface area contributed by atoms with Gasteiger partial charge in [-0.2, -0.15) is 5.10 Å². The van der Waals surface area contributed by atoms with Crippen LogP contribution in [0, 0.1) is 0 Å². The molecule has 1 aromatic carbocycles. The van der Waals surface area contributed by atoms with Crippen LogP contribution in [-0.2, 0) is 19.9 Å². The summed E-state index contributed by atoms with van der Waals surface area (Å²) in [5.74, 6) is 5.60. The van der Waals surface area contributed by atoms with Crippen LogP contribution < -0.4 is 11.3 Å². The predicted octanol–water partition coefficient (Wildman–Crippen LogP) is 1.69. The van der Waals surface area contributed by atoms with E-state index in [1.54, 1.807) is 4.68 Å². The number of hydrazine groups is 1. The molecule has 0 saturated carbocycles. The first-order chi connectivity index (χ1) is 8.67. The van der Waals surface area contributed by atoms with E-state index in [-0.39, 0.29) is 6.04 Å². The third-order valence-electron chi connectivity index (χ3n) is 2.83. The molecule has 0 saturated heterocycles. The average Bonchev–Trinajstić information content (AvgIpc) is 2.74. The van der Waals surface area contributed by atoms with Crippen molar-refractivity contribution in [2.45, 2.75) is 18.9 Å². The van der Waals surface area contributed by atoms with E-state index < -0.39 is 0 Å². The molecule has 3 N–H and O–H groups in total. The van der Waals surface area contributed by atoms with Crippen LogP contribution in [0.4, 0.5) is 0 Å². The first kappa shape index (κ1) is 13.1. The van der Waals surface area contributed by atoms with Crippen molar-refractivity contribution in [2.24, 2.45) is 12.9 Å². The summed E-state index contributed by atoms with van der Waals surface area (Å²) in [6.45, 7) is 0. The van der Waals surface area contributed by atoms with Gasteiger partial charge in [0, 0.05) is 30.7 Å². The Hall–Kier alpha value is -1.36. The minimum atomic E-state index is 0.151. The molecule has 2 aromatic rings. The summed E-state index contributed by atoms with van der Waals surface area (Å²) >= 11 is 5.97. The van der Waals surface area contributed by atoms with Crippen LogP contribution in [0.5, 0.6) is 0 Å². The Morgan fingerprint density at radius 3 is 2.83 bits per heavy atom. The zero-order valence-electron chi connectivity index (χ0n) is 10.3. The molecule has 0 spiro atoms. The van der Waals surface area contributed by atoms with Gasteiger partial charge >= 0.3 is 0 Å². The molecular formula is C13H17ClN4. The Morgan fingerprint density at radius 1 is 1.39 bits per heavy atom. The minimum absolute atomic E-state index is 0.151. The number of rotatable bonds is 5. The first-order valence-corrected chi connectivity index (χ1v) is 6.24. The lowest BCUT2D eigenvalue weighted by Crippen LogP contribution is -2.38. The summed E-state index contributed by atoms with van der Waals surface area (Å²) in [6.07, 6.45) is 3.56. The second-order valence-electron chi connectivity index (χ2n) is 4.38. The van der Waals surface area contributed by atoms with Crippen LogP contribution in [0.2, 0.25) is 5.02 Å². The number of nitrogens with two attached hydrogens (primary N) is 1. The molecule has 0 fully saturated rings. The fourth-order valence-corrected chi connectivity index (χ4v) is 2.18. The summed E-state index contributed by atoms with van der Waals surface area (Å²) < 4.78 is 1.79. The number of aromatic nitrogens is 2. The maximum absolute atomic E-state index is 5.97. The van der Waals surface area contributed by atoms with Gasteiger partial charge in [0.05, 0.1) is 5.69 Å². The second kappa shape index (κ2) is 6.00. The minimum Gasteiger partial charge on any atom is -0.276 e. The van der Waals surface area contributed by atoms with Crippen molar-refractivity contribution in [3.63, 3.8) is 0 Å². The van der Waals surface area contributed by atoms with E-state index in [1.807, 2.05) is 37.5 Å². The van der Waals surface area contributed by atoms with Crippen molar-refractivity contribution in [3.05, 3.63) is 52.8 Å². The quantitative estimate of drug-likeness (QED) is 0.638. The summed E-state index contributed by atoms with van der Waals surface area (Å²) in [6, 6.07) is 9.99. The normalized spacial score (nSPS) is 12.6. The fourth-order valence-electron chi connectivity index (χ4n) is 1.96.